The van der Waals surface area contributed by atoms with Gasteiger partial charge in [-0.25, -0.2) is 4.98 Å². The molecular formula is C13H23N3S. The highest BCUT2D eigenvalue weighted by Crippen LogP contribution is 2.27. The van der Waals surface area contributed by atoms with Crippen LogP contribution in [0.15, 0.2) is 6.20 Å². The molecule has 1 fully saturated rings. The van der Waals surface area contributed by atoms with E-state index in [1.807, 2.05) is 17.5 Å². The van der Waals surface area contributed by atoms with Crippen LogP contribution in [-0.4, -0.2) is 36.1 Å². The smallest absolute Gasteiger partial charge is 0.182 e. The number of nitrogens with zero attached hydrogens (tertiary/aromatic N) is 2. The fourth-order valence-electron chi connectivity index (χ4n) is 2.12. The molecule has 0 saturated carbocycles. The lowest BCUT2D eigenvalue weighted by Gasteiger charge is -2.14. The maximum Gasteiger partial charge on any atom is 0.182 e. The van der Waals surface area contributed by atoms with E-state index in [2.05, 4.69) is 29.0 Å². The van der Waals surface area contributed by atoms with Gasteiger partial charge >= 0.3 is 0 Å². The molecule has 1 aromatic heterocycles. The van der Waals surface area contributed by atoms with E-state index >= 15 is 0 Å². The summed E-state index contributed by atoms with van der Waals surface area (Å²) < 4.78 is 0. The first-order chi connectivity index (χ1) is 8.29. The van der Waals surface area contributed by atoms with Crippen LogP contribution in [-0.2, 0) is 0 Å². The number of aromatic nitrogens is 1. The summed E-state index contributed by atoms with van der Waals surface area (Å²) in [5.41, 5.74) is 0. The zero-order valence-electron chi connectivity index (χ0n) is 10.9. The fraction of sp³-hybridized carbons (Fsp3) is 0.769. The number of rotatable bonds is 6. The molecule has 1 saturated heterocycles. The number of thiazole rings is 1. The second-order valence-electron chi connectivity index (χ2n) is 4.85. The summed E-state index contributed by atoms with van der Waals surface area (Å²) in [4.78, 5) is 8.36. The molecule has 96 valence electrons. The summed E-state index contributed by atoms with van der Waals surface area (Å²) in [6, 6.07) is 0. The first-order valence-electron chi connectivity index (χ1n) is 6.71. The molecule has 2 heterocycles. The fourth-order valence-corrected chi connectivity index (χ4v) is 3.10. The van der Waals surface area contributed by atoms with Crippen molar-refractivity contribution in [2.24, 2.45) is 0 Å². The molecule has 1 aromatic rings. The molecule has 1 unspecified atom stereocenters. The summed E-state index contributed by atoms with van der Waals surface area (Å²) in [7, 11) is 0. The lowest BCUT2D eigenvalue weighted by molar-refractivity contribution is 0.352. The highest BCUT2D eigenvalue weighted by atomic mass is 32.1. The summed E-state index contributed by atoms with van der Waals surface area (Å²) in [6.07, 6.45) is 5.96. The Morgan fingerprint density at radius 2 is 2.24 bits per heavy atom. The molecule has 0 bridgehead atoms. The van der Waals surface area contributed by atoms with Gasteiger partial charge in [0, 0.05) is 24.2 Å². The third-order valence-electron chi connectivity index (χ3n) is 3.52. The zero-order valence-corrected chi connectivity index (χ0v) is 11.7. The summed E-state index contributed by atoms with van der Waals surface area (Å²) >= 11 is 1.81. The number of likely N-dealkylation sites (tertiary alicyclic amines) is 1. The number of hydrogen-bond acceptors (Lipinski definition) is 4. The van der Waals surface area contributed by atoms with Crippen molar-refractivity contribution in [1.82, 2.24) is 9.88 Å². The van der Waals surface area contributed by atoms with Gasteiger partial charge in [0.05, 0.1) is 0 Å². The van der Waals surface area contributed by atoms with E-state index in [9.17, 15) is 0 Å². The average molecular weight is 253 g/mol. The molecule has 0 spiro atoms. The van der Waals surface area contributed by atoms with Gasteiger partial charge in [0.1, 0.15) is 0 Å². The van der Waals surface area contributed by atoms with Crippen molar-refractivity contribution in [2.45, 2.75) is 39.0 Å². The first-order valence-corrected chi connectivity index (χ1v) is 7.53. The summed E-state index contributed by atoms with van der Waals surface area (Å²) in [6.45, 7) is 9.22. The molecule has 1 atom stereocenters. The zero-order chi connectivity index (χ0) is 12.1. The van der Waals surface area contributed by atoms with E-state index in [1.54, 1.807) is 0 Å². The predicted molar refractivity (Wildman–Crippen MR) is 75.0 cm³/mol. The molecule has 3 nitrogen and oxygen atoms in total. The van der Waals surface area contributed by atoms with Crippen LogP contribution in [0.1, 0.15) is 43.9 Å². The Bertz CT molecular complexity index is 331. The Labute approximate surface area is 108 Å². The number of hydrogen-bond donors (Lipinski definition) is 1. The van der Waals surface area contributed by atoms with Gasteiger partial charge in [-0.3, -0.25) is 0 Å². The normalized spacial score (nSPS) is 18.5. The van der Waals surface area contributed by atoms with Gasteiger partial charge in [0.25, 0.3) is 0 Å². The van der Waals surface area contributed by atoms with Crippen LogP contribution in [0.25, 0.3) is 0 Å². The van der Waals surface area contributed by atoms with Crippen molar-refractivity contribution in [3.8, 4) is 0 Å². The van der Waals surface area contributed by atoms with E-state index in [0.717, 1.165) is 18.2 Å². The van der Waals surface area contributed by atoms with Crippen LogP contribution in [0.5, 0.6) is 0 Å². The highest BCUT2D eigenvalue weighted by molar-refractivity contribution is 7.15. The van der Waals surface area contributed by atoms with Gasteiger partial charge in [0.2, 0.25) is 0 Å². The van der Waals surface area contributed by atoms with Gasteiger partial charge in [-0.1, -0.05) is 13.8 Å². The Kier molecular flexibility index (Phi) is 4.80. The van der Waals surface area contributed by atoms with Gasteiger partial charge in [-0.05, 0) is 38.3 Å². The maximum absolute atomic E-state index is 4.44. The van der Waals surface area contributed by atoms with Gasteiger partial charge in [-0.2, -0.15) is 0 Å². The molecule has 17 heavy (non-hydrogen) atoms. The number of anilines is 1. The molecule has 1 aliphatic heterocycles. The van der Waals surface area contributed by atoms with Crippen molar-refractivity contribution in [3.63, 3.8) is 0 Å². The molecule has 0 radical (unpaired) electrons. The highest BCUT2D eigenvalue weighted by Gasteiger charge is 2.11. The van der Waals surface area contributed by atoms with E-state index in [1.165, 1.54) is 37.2 Å². The topological polar surface area (TPSA) is 28.2 Å². The minimum Gasteiger partial charge on any atom is -0.360 e. The Morgan fingerprint density at radius 1 is 1.47 bits per heavy atom. The lowest BCUT2D eigenvalue weighted by Crippen LogP contribution is -2.25. The van der Waals surface area contributed by atoms with Crippen molar-refractivity contribution >= 4 is 16.5 Å². The quantitative estimate of drug-likeness (QED) is 0.844. The third kappa shape index (κ3) is 3.68. The molecule has 4 heteroatoms. The Morgan fingerprint density at radius 3 is 2.94 bits per heavy atom. The van der Waals surface area contributed by atoms with Crippen LogP contribution < -0.4 is 5.32 Å². The monoisotopic (exact) mass is 253 g/mol. The minimum absolute atomic E-state index is 0.640. The minimum atomic E-state index is 0.640. The molecule has 0 aromatic carbocycles. The Balaban J connectivity index is 1.73. The molecule has 0 aliphatic carbocycles. The van der Waals surface area contributed by atoms with E-state index in [-0.39, 0.29) is 0 Å². The Hall–Kier alpha value is -0.610. The summed E-state index contributed by atoms with van der Waals surface area (Å²) in [5, 5.41) is 4.52. The van der Waals surface area contributed by atoms with E-state index in [4.69, 9.17) is 0 Å². The molecule has 1 aliphatic rings. The van der Waals surface area contributed by atoms with Crippen molar-refractivity contribution < 1.29 is 0 Å². The SMILES string of the molecule is CCC(C)c1cnc(NCCN2CCCC2)s1. The van der Waals surface area contributed by atoms with Crippen molar-refractivity contribution in [1.29, 1.82) is 0 Å². The van der Waals surface area contributed by atoms with Crippen molar-refractivity contribution in [2.75, 3.05) is 31.5 Å². The number of nitrogens with one attached hydrogen (secondary N) is 1. The molecule has 1 N–H and O–H groups in total. The van der Waals surface area contributed by atoms with Crippen LogP contribution in [0, 0.1) is 0 Å². The van der Waals surface area contributed by atoms with Crippen LogP contribution >= 0.6 is 11.3 Å². The van der Waals surface area contributed by atoms with E-state index < -0.39 is 0 Å². The predicted octanol–water partition coefficient (Wildman–Crippen LogP) is 3.16. The van der Waals surface area contributed by atoms with Gasteiger partial charge in [-0.15, -0.1) is 11.3 Å². The lowest BCUT2D eigenvalue weighted by atomic mass is 10.1. The second-order valence-corrected chi connectivity index (χ2v) is 5.91. The first kappa shape index (κ1) is 12.8. The second kappa shape index (κ2) is 6.36. The van der Waals surface area contributed by atoms with E-state index in [0.29, 0.717) is 5.92 Å². The summed E-state index contributed by atoms with van der Waals surface area (Å²) in [5.74, 6) is 0.640. The maximum atomic E-state index is 4.44. The third-order valence-corrected chi connectivity index (χ3v) is 4.71. The molecule has 0 amide bonds. The standard InChI is InChI=1S/C13H23N3S/c1-3-11(2)12-10-15-13(17-12)14-6-9-16-7-4-5-8-16/h10-11H,3-9H2,1-2H3,(H,14,15). The molecule has 2 rings (SSSR count). The van der Waals surface area contributed by atoms with Gasteiger partial charge in [0.15, 0.2) is 5.13 Å². The van der Waals surface area contributed by atoms with Crippen LogP contribution in [0.4, 0.5) is 5.13 Å². The molecular weight excluding hydrogens is 230 g/mol. The van der Waals surface area contributed by atoms with Crippen molar-refractivity contribution in [3.05, 3.63) is 11.1 Å². The van der Waals surface area contributed by atoms with Crippen LogP contribution in [0.3, 0.4) is 0 Å². The van der Waals surface area contributed by atoms with Crippen LogP contribution in [0.2, 0.25) is 0 Å². The average Bonchev–Trinajstić information content (AvgIpc) is 2.99. The van der Waals surface area contributed by atoms with Gasteiger partial charge < -0.3 is 10.2 Å². The largest absolute Gasteiger partial charge is 0.360 e.